The third kappa shape index (κ3) is 6.91. The molecule has 25 heavy (non-hydrogen) atoms. The zero-order chi connectivity index (χ0) is 19.0. The Morgan fingerprint density at radius 2 is 1.72 bits per heavy atom. The van der Waals surface area contributed by atoms with Crippen LogP contribution < -0.4 is 20.1 Å². The Hall–Kier alpha value is -2.44. The van der Waals surface area contributed by atoms with Crippen LogP contribution in [-0.4, -0.2) is 38.4 Å². The normalized spacial score (nSPS) is 10.8. The molecule has 0 aliphatic carbocycles. The minimum Gasteiger partial charge on any atom is -0.496 e. The van der Waals surface area contributed by atoms with Crippen LogP contribution in [-0.2, 0) is 16.0 Å². The fraction of sp³-hybridized carbons (Fsp3) is 0.556. The SMILES string of the molecule is CCC(=O)Nc1cc(OC)c(CCNC(=O)OC(C)(C)C)cc1OC. The average Bonchev–Trinajstić information content (AvgIpc) is 2.53. The van der Waals surface area contributed by atoms with Gasteiger partial charge >= 0.3 is 6.09 Å². The van der Waals surface area contributed by atoms with Gasteiger partial charge in [-0.15, -0.1) is 0 Å². The van der Waals surface area contributed by atoms with Crippen molar-refractivity contribution in [1.82, 2.24) is 5.32 Å². The van der Waals surface area contributed by atoms with Gasteiger partial charge in [0.05, 0.1) is 19.9 Å². The van der Waals surface area contributed by atoms with E-state index in [-0.39, 0.29) is 5.91 Å². The fourth-order valence-electron chi connectivity index (χ4n) is 2.11. The molecule has 0 aromatic heterocycles. The molecule has 0 unspecified atom stereocenters. The maximum atomic E-state index is 11.7. The highest BCUT2D eigenvalue weighted by Crippen LogP contribution is 2.33. The number of alkyl carbamates (subject to hydrolysis) is 1. The van der Waals surface area contributed by atoms with Crippen molar-refractivity contribution in [3.05, 3.63) is 17.7 Å². The second kappa shape index (κ2) is 9.15. The van der Waals surface area contributed by atoms with Gasteiger partial charge in [0.2, 0.25) is 5.91 Å². The maximum Gasteiger partial charge on any atom is 0.407 e. The first kappa shape index (κ1) is 20.6. The predicted octanol–water partition coefficient (Wildman–Crippen LogP) is 3.12. The van der Waals surface area contributed by atoms with E-state index in [0.717, 1.165) is 5.56 Å². The van der Waals surface area contributed by atoms with E-state index in [1.54, 1.807) is 26.2 Å². The monoisotopic (exact) mass is 352 g/mol. The molecular weight excluding hydrogens is 324 g/mol. The minimum atomic E-state index is -0.538. The number of benzene rings is 1. The molecular formula is C18H28N2O5. The number of carbonyl (C=O) groups is 2. The van der Waals surface area contributed by atoms with Crippen LogP contribution >= 0.6 is 0 Å². The third-order valence-corrected chi connectivity index (χ3v) is 3.26. The molecule has 0 bridgehead atoms. The minimum absolute atomic E-state index is 0.111. The number of amides is 2. The Labute approximate surface area is 149 Å². The van der Waals surface area contributed by atoms with Gasteiger partial charge in [0, 0.05) is 19.0 Å². The van der Waals surface area contributed by atoms with E-state index in [1.807, 2.05) is 20.8 Å². The standard InChI is InChI=1S/C18H28N2O5/c1-7-16(21)20-13-11-14(23-5)12(10-15(13)24-6)8-9-19-17(22)25-18(2,3)4/h10-11H,7-9H2,1-6H3,(H,19,22)(H,20,21). The summed E-state index contributed by atoms with van der Waals surface area (Å²) in [6, 6.07) is 3.51. The first-order valence-electron chi connectivity index (χ1n) is 8.21. The summed E-state index contributed by atoms with van der Waals surface area (Å²) in [6.45, 7) is 7.59. The fourth-order valence-corrected chi connectivity index (χ4v) is 2.11. The van der Waals surface area contributed by atoms with Crippen LogP contribution in [0.3, 0.4) is 0 Å². The van der Waals surface area contributed by atoms with Crippen molar-refractivity contribution in [2.75, 3.05) is 26.1 Å². The second-order valence-electron chi connectivity index (χ2n) is 6.44. The van der Waals surface area contributed by atoms with Crippen molar-refractivity contribution in [1.29, 1.82) is 0 Å². The lowest BCUT2D eigenvalue weighted by Gasteiger charge is -2.20. The molecule has 0 atom stereocenters. The number of carbonyl (C=O) groups excluding carboxylic acids is 2. The van der Waals surface area contributed by atoms with Gasteiger partial charge in [0.1, 0.15) is 17.1 Å². The van der Waals surface area contributed by atoms with Gasteiger partial charge in [-0.1, -0.05) is 6.92 Å². The lowest BCUT2D eigenvalue weighted by atomic mass is 10.1. The van der Waals surface area contributed by atoms with E-state index in [0.29, 0.717) is 36.6 Å². The van der Waals surface area contributed by atoms with E-state index in [1.165, 1.54) is 7.11 Å². The Morgan fingerprint density at radius 1 is 1.08 bits per heavy atom. The molecule has 0 saturated carbocycles. The molecule has 0 saturated heterocycles. The molecule has 7 heteroatoms. The van der Waals surface area contributed by atoms with Crippen molar-refractivity contribution < 1.29 is 23.8 Å². The number of anilines is 1. The Bertz CT molecular complexity index is 608. The van der Waals surface area contributed by atoms with Gasteiger partial charge in [-0.25, -0.2) is 4.79 Å². The van der Waals surface area contributed by atoms with Crippen LogP contribution in [0.2, 0.25) is 0 Å². The van der Waals surface area contributed by atoms with Crippen LogP contribution in [0.4, 0.5) is 10.5 Å². The highest BCUT2D eigenvalue weighted by atomic mass is 16.6. The molecule has 0 fully saturated rings. The van der Waals surface area contributed by atoms with Gasteiger partial charge in [0.25, 0.3) is 0 Å². The Morgan fingerprint density at radius 3 is 2.24 bits per heavy atom. The molecule has 0 aliphatic rings. The molecule has 7 nitrogen and oxygen atoms in total. The molecule has 2 N–H and O–H groups in total. The molecule has 1 rings (SSSR count). The maximum absolute atomic E-state index is 11.7. The third-order valence-electron chi connectivity index (χ3n) is 3.26. The molecule has 1 aromatic rings. The number of nitrogens with one attached hydrogen (secondary N) is 2. The van der Waals surface area contributed by atoms with Crippen molar-refractivity contribution in [3.8, 4) is 11.5 Å². The molecule has 140 valence electrons. The highest BCUT2D eigenvalue weighted by Gasteiger charge is 2.17. The van der Waals surface area contributed by atoms with E-state index in [9.17, 15) is 9.59 Å². The molecule has 1 aromatic carbocycles. The first-order valence-corrected chi connectivity index (χ1v) is 8.21. The number of rotatable bonds is 7. The van der Waals surface area contributed by atoms with Crippen LogP contribution in [0.5, 0.6) is 11.5 Å². The molecule has 0 spiro atoms. The lowest BCUT2D eigenvalue weighted by molar-refractivity contribution is -0.115. The van der Waals surface area contributed by atoms with E-state index in [2.05, 4.69) is 10.6 Å². The van der Waals surface area contributed by atoms with Gasteiger partial charge in [-0.3, -0.25) is 4.79 Å². The highest BCUT2D eigenvalue weighted by molar-refractivity contribution is 5.92. The van der Waals surface area contributed by atoms with E-state index >= 15 is 0 Å². The smallest absolute Gasteiger partial charge is 0.407 e. The van der Waals surface area contributed by atoms with Crippen LogP contribution in [0.25, 0.3) is 0 Å². The van der Waals surface area contributed by atoms with Crippen LogP contribution in [0.15, 0.2) is 12.1 Å². The van der Waals surface area contributed by atoms with Crippen molar-refractivity contribution in [2.45, 2.75) is 46.1 Å². The van der Waals surface area contributed by atoms with Crippen LogP contribution in [0, 0.1) is 0 Å². The summed E-state index contributed by atoms with van der Waals surface area (Å²) in [5, 5.41) is 5.48. The average molecular weight is 352 g/mol. The quantitative estimate of drug-likeness (QED) is 0.787. The van der Waals surface area contributed by atoms with Crippen molar-refractivity contribution in [2.24, 2.45) is 0 Å². The molecule has 0 heterocycles. The van der Waals surface area contributed by atoms with Gasteiger partial charge in [0.15, 0.2) is 0 Å². The number of hydrogen-bond donors (Lipinski definition) is 2. The van der Waals surface area contributed by atoms with Crippen molar-refractivity contribution >= 4 is 17.7 Å². The van der Waals surface area contributed by atoms with Gasteiger partial charge in [-0.2, -0.15) is 0 Å². The number of ether oxygens (including phenoxy) is 3. The van der Waals surface area contributed by atoms with E-state index < -0.39 is 11.7 Å². The Balaban J connectivity index is 2.82. The molecule has 0 radical (unpaired) electrons. The van der Waals surface area contributed by atoms with Crippen LogP contribution in [0.1, 0.15) is 39.7 Å². The summed E-state index contributed by atoms with van der Waals surface area (Å²) in [4.78, 5) is 23.3. The predicted molar refractivity (Wildman–Crippen MR) is 96.4 cm³/mol. The zero-order valence-corrected chi connectivity index (χ0v) is 15.8. The summed E-state index contributed by atoms with van der Waals surface area (Å²) in [6.07, 6.45) is 0.429. The summed E-state index contributed by atoms with van der Waals surface area (Å²) >= 11 is 0. The van der Waals surface area contributed by atoms with E-state index in [4.69, 9.17) is 14.2 Å². The molecule has 0 aliphatic heterocycles. The van der Waals surface area contributed by atoms with Gasteiger partial charge in [-0.05, 0) is 38.8 Å². The number of methoxy groups -OCH3 is 2. The zero-order valence-electron chi connectivity index (χ0n) is 15.8. The van der Waals surface area contributed by atoms with Crippen molar-refractivity contribution in [3.63, 3.8) is 0 Å². The molecule has 2 amide bonds. The first-order chi connectivity index (χ1) is 11.7. The Kier molecular flexibility index (Phi) is 7.54. The largest absolute Gasteiger partial charge is 0.496 e. The summed E-state index contributed by atoms with van der Waals surface area (Å²) in [7, 11) is 3.09. The lowest BCUT2D eigenvalue weighted by Crippen LogP contribution is -2.33. The number of hydrogen-bond acceptors (Lipinski definition) is 5. The summed E-state index contributed by atoms with van der Waals surface area (Å²) in [5.74, 6) is 1.03. The topological polar surface area (TPSA) is 85.9 Å². The second-order valence-corrected chi connectivity index (χ2v) is 6.44. The summed E-state index contributed by atoms with van der Waals surface area (Å²) < 4.78 is 15.9. The summed E-state index contributed by atoms with van der Waals surface area (Å²) in [5.41, 5.74) is 0.865. The van der Waals surface area contributed by atoms with Gasteiger partial charge < -0.3 is 24.8 Å².